The average Bonchev–Trinajstić information content (AvgIpc) is 2.89. The predicted molar refractivity (Wildman–Crippen MR) is 139 cm³/mol. The number of halogens is 2. The van der Waals surface area contributed by atoms with Crippen LogP contribution in [0.15, 0.2) is 132 Å². The molecule has 4 aromatic carbocycles. The van der Waals surface area contributed by atoms with Gasteiger partial charge >= 0.3 is 199 Å². The summed E-state index contributed by atoms with van der Waals surface area (Å²) < 4.78 is 0. The molecule has 0 aromatic heterocycles. The van der Waals surface area contributed by atoms with E-state index in [0.29, 0.717) is 11.0 Å². The van der Waals surface area contributed by atoms with Crippen LogP contribution in [-0.4, -0.2) is 5.91 Å². The molecule has 1 amide bonds. The summed E-state index contributed by atoms with van der Waals surface area (Å²) >= 11 is 14.5. The SMILES string of the molecule is O=C(N/C(=C/Cl)P(Cl)(c1ccccc1)(c1ccccc1)c1ccccc1)c1ccccc1. The van der Waals surface area contributed by atoms with Gasteiger partial charge in [-0.25, -0.2) is 0 Å². The number of benzene rings is 4. The summed E-state index contributed by atoms with van der Waals surface area (Å²) in [7, 11) is 0. The normalized spacial score (nSPS) is 13.1. The van der Waals surface area contributed by atoms with Gasteiger partial charge in [0.25, 0.3) is 0 Å². The minimum atomic E-state index is -3.90. The molecule has 0 unspecified atom stereocenters. The number of nitrogens with one attached hydrogen (secondary N) is 1. The monoisotopic (exact) mass is 477 g/mol. The van der Waals surface area contributed by atoms with Crippen molar-refractivity contribution in [3.63, 3.8) is 0 Å². The first-order chi connectivity index (χ1) is 15.6. The summed E-state index contributed by atoms with van der Waals surface area (Å²) in [6.07, 6.45) is 0. The molecule has 5 heteroatoms. The van der Waals surface area contributed by atoms with Gasteiger partial charge in [-0.15, -0.1) is 0 Å². The van der Waals surface area contributed by atoms with Gasteiger partial charge in [0.2, 0.25) is 0 Å². The van der Waals surface area contributed by atoms with Crippen LogP contribution in [0.25, 0.3) is 0 Å². The van der Waals surface area contributed by atoms with E-state index in [1.54, 1.807) is 12.1 Å². The van der Waals surface area contributed by atoms with E-state index in [0.717, 1.165) is 15.9 Å². The Bertz CT molecular complexity index is 1130. The molecule has 4 aromatic rings. The van der Waals surface area contributed by atoms with Crippen LogP contribution >= 0.6 is 28.8 Å². The second-order valence-electron chi connectivity index (χ2n) is 7.33. The Labute approximate surface area is 198 Å². The molecule has 0 aliphatic rings. The van der Waals surface area contributed by atoms with Gasteiger partial charge in [-0.1, -0.05) is 0 Å². The molecule has 1 N–H and O–H groups in total. The van der Waals surface area contributed by atoms with Crippen molar-refractivity contribution in [1.82, 2.24) is 5.32 Å². The van der Waals surface area contributed by atoms with Crippen LogP contribution in [0.4, 0.5) is 0 Å². The van der Waals surface area contributed by atoms with E-state index >= 15 is 0 Å². The average molecular weight is 478 g/mol. The van der Waals surface area contributed by atoms with Crippen LogP contribution in [0, 0.1) is 0 Å². The fraction of sp³-hybridized carbons (Fsp3) is 0. The summed E-state index contributed by atoms with van der Waals surface area (Å²) in [5.41, 5.74) is 2.41. The van der Waals surface area contributed by atoms with Crippen molar-refractivity contribution in [2.75, 3.05) is 0 Å². The van der Waals surface area contributed by atoms with Gasteiger partial charge in [0.1, 0.15) is 0 Å². The van der Waals surface area contributed by atoms with Gasteiger partial charge in [-0.3, -0.25) is 0 Å². The van der Waals surface area contributed by atoms with E-state index in [-0.39, 0.29) is 5.91 Å². The molecular formula is C27H22Cl2NOP. The van der Waals surface area contributed by atoms with Gasteiger partial charge in [0, 0.05) is 0 Å². The molecular weight excluding hydrogens is 456 g/mol. The van der Waals surface area contributed by atoms with Crippen molar-refractivity contribution in [3.8, 4) is 0 Å². The number of carbonyl (C=O) groups excluding carboxylic acids is 1. The molecule has 160 valence electrons. The first-order valence-corrected chi connectivity index (χ1v) is 13.7. The van der Waals surface area contributed by atoms with Gasteiger partial charge in [0.15, 0.2) is 0 Å². The standard InChI is InChI=1S/C27H22Cl2NOP/c28-21-26(30-27(31)22-13-5-1-6-14-22)32(29,23-15-7-2-8-16-23,24-17-9-3-10-18-24)25-19-11-4-12-20-25/h1-21H,(H,30,31)/b26-21-. The number of carbonyl (C=O) groups is 1. The predicted octanol–water partition coefficient (Wildman–Crippen LogP) is 6.14. The summed E-state index contributed by atoms with van der Waals surface area (Å²) in [6, 6.07) is 38.6. The van der Waals surface area contributed by atoms with Crippen LogP contribution in [0.2, 0.25) is 0 Å². The molecule has 4 rings (SSSR count). The summed E-state index contributed by atoms with van der Waals surface area (Å²) in [6.45, 7) is 0. The van der Waals surface area contributed by atoms with Crippen molar-refractivity contribution in [3.05, 3.63) is 138 Å². The zero-order valence-electron chi connectivity index (χ0n) is 17.2. The van der Waals surface area contributed by atoms with Crippen molar-refractivity contribution < 1.29 is 4.79 Å². The Morgan fingerprint density at radius 2 is 0.969 bits per heavy atom. The molecule has 0 radical (unpaired) electrons. The molecule has 32 heavy (non-hydrogen) atoms. The fourth-order valence-electron chi connectivity index (χ4n) is 3.99. The molecule has 0 saturated carbocycles. The maximum atomic E-state index is 13.2. The number of rotatable bonds is 6. The molecule has 2 nitrogen and oxygen atoms in total. The minimum absolute atomic E-state index is 0.269. The zero-order valence-corrected chi connectivity index (χ0v) is 19.6. The molecule has 0 fully saturated rings. The van der Waals surface area contributed by atoms with Crippen LogP contribution < -0.4 is 21.2 Å². The molecule has 0 saturated heterocycles. The van der Waals surface area contributed by atoms with E-state index in [1.807, 2.05) is 109 Å². The number of hydrogen-bond donors (Lipinski definition) is 1. The van der Waals surface area contributed by atoms with Crippen molar-refractivity contribution >= 4 is 50.6 Å². The van der Waals surface area contributed by atoms with Crippen LogP contribution in [0.1, 0.15) is 10.4 Å². The van der Waals surface area contributed by atoms with Crippen LogP contribution in [-0.2, 0) is 0 Å². The number of amides is 1. The Kier molecular flexibility index (Phi) is 6.48. The third-order valence-electron chi connectivity index (χ3n) is 5.56. The second-order valence-corrected chi connectivity index (χ2v) is 13.6. The topological polar surface area (TPSA) is 29.1 Å². The molecule has 0 atom stereocenters. The van der Waals surface area contributed by atoms with Crippen LogP contribution in [0.5, 0.6) is 0 Å². The molecule has 0 heterocycles. The Balaban J connectivity index is 2.04. The van der Waals surface area contributed by atoms with Crippen LogP contribution in [0.3, 0.4) is 0 Å². The van der Waals surface area contributed by atoms with Crippen molar-refractivity contribution in [2.45, 2.75) is 0 Å². The van der Waals surface area contributed by atoms with E-state index < -0.39 is 5.96 Å². The second kappa shape index (κ2) is 9.30. The zero-order chi connectivity index (χ0) is 22.5. The van der Waals surface area contributed by atoms with Gasteiger partial charge in [0.05, 0.1) is 0 Å². The Hall–Kier alpha value is -2.90. The molecule has 0 aliphatic carbocycles. The Morgan fingerprint density at radius 3 is 1.31 bits per heavy atom. The Morgan fingerprint density at radius 1 is 0.625 bits per heavy atom. The first-order valence-electron chi connectivity index (χ1n) is 10.2. The summed E-state index contributed by atoms with van der Waals surface area (Å²) in [5.74, 6) is -4.17. The third kappa shape index (κ3) is 3.65. The summed E-state index contributed by atoms with van der Waals surface area (Å²) in [4.78, 5) is 13.2. The molecule has 0 spiro atoms. The first kappa shape index (κ1) is 22.3. The number of hydrogen-bond acceptors (Lipinski definition) is 1. The van der Waals surface area contributed by atoms with Gasteiger partial charge in [-0.05, 0) is 0 Å². The molecule has 0 bridgehead atoms. The van der Waals surface area contributed by atoms with E-state index in [2.05, 4.69) is 5.32 Å². The van der Waals surface area contributed by atoms with Crippen molar-refractivity contribution in [1.29, 1.82) is 0 Å². The van der Waals surface area contributed by atoms with E-state index in [4.69, 9.17) is 22.8 Å². The van der Waals surface area contributed by atoms with E-state index in [1.165, 1.54) is 5.54 Å². The summed E-state index contributed by atoms with van der Waals surface area (Å²) in [5, 5.41) is 5.74. The quantitative estimate of drug-likeness (QED) is 0.332. The molecule has 0 aliphatic heterocycles. The van der Waals surface area contributed by atoms with Gasteiger partial charge < -0.3 is 0 Å². The maximum absolute atomic E-state index is 13.2. The third-order valence-corrected chi connectivity index (χ3v) is 13.2. The van der Waals surface area contributed by atoms with E-state index in [9.17, 15) is 4.79 Å². The fourth-order valence-corrected chi connectivity index (χ4v) is 10.5. The van der Waals surface area contributed by atoms with Crippen molar-refractivity contribution in [2.24, 2.45) is 0 Å². The van der Waals surface area contributed by atoms with Gasteiger partial charge in [-0.2, -0.15) is 0 Å².